The molecular formula is C20H21F3N4O2. The number of hydrogen-bond acceptors (Lipinski definition) is 6. The van der Waals surface area contributed by atoms with Gasteiger partial charge in [0, 0.05) is 18.0 Å². The van der Waals surface area contributed by atoms with Gasteiger partial charge in [-0.1, -0.05) is 26.0 Å². The number of rotatable bonds is 6. The number of nitrogens with one attached hydrogen (secondary N) is 1. The highest BCUT2D eigenvalue weighted by atomic mass is 19.4. The van der Waals surface area contributed by atoms with Crippen LogP contribution in [0, 0.1) is 5.92 Å². The van der Waals surface area contributed by atoms with Crippen LogP contribution in [0.2, 0.25) is 0 Å². The predicted molar refractivity (Wildman–Crippen MR) is 105 cm³/mol. The number of ether oxygens (including phenoxy) is 1. The number of para-hydroxylation sites is 1. The molecule has 0 spiro atoms. The Morgan fingerprint density at radius 2 is 1.86 bits per heavy atom. The van der Waals surface area contributed by atoms with Gasteiger partial charge in [-0.25, -0.2) is 9.97 Å². The van der Waals surface area contributed by atoms with Crippen molar-refractivity contribution in [3.63, 3.8) is 0 Å². The third-order valence-corrected chi connectivity index (χ3v) is 4.41. The minimum Gasteiger partial charge on any atom is -0.507 e. The van der Waals surface area contributed by atoms with Crippen LogP contribution in [0.25, 0.3) is 22.3 Å². The Morgan fingerprint density at radius 3 is 2.55 bits per heavy atom. The lowest BCUT2D eigenvalue weighted by molar-refractivity contribution is -0.274. The fourth-order valence-corrected chi connectivity index (χ4v) is 2.67. The number of nitrogens with two attached hydrogens (primary N) is 1. The van der Waals surface area contributed by atoms with Gasteiger partial charge in [-0.15, -0.1) is 13.2 Å². The molecule has 0 saturated heterocycles. The van der Waals surface area contributed by atoms with E-state index in [1.54, 1.807) is 12.1 Å². The number of aromatic nitrogens is 2. The molecule has 0 bridgehead atoms. The smallest absolute Gasteiger partial charge is 0.507 e. The van der Waals surface area contributed by atoms with Crippen LogP contribution >= 0.6 is 0 Å². The van der Waals surface area contributed by atoms with Crippen molar-refractivity contribution in [2.45, 2.75) is 26.3 Å². The number of aromatic hydroxyl groups is 1. The third kappa shape index (κ3) is 5.05. The minimum atomic E-state index is -4.85. The van der Waals surface area contributed by atoms with E-state index >= 15 is 0 Å². The SMILES string of the molecule is CC(C)C(N)CNc1nc(-c2cc(OC(F)(F)F)ccc2O)nc2ccccc12. The number of hydrogen-bond donors (Lipinski definition) is 3. The van der Waals surface area contributed by atoms with Crippen molar-refractivity contribution in [2.24, 2.45) is 11.7 Å². The van der Waals surface area contributed by atoms with Crippen LogP contribution in [-0.4, -0.2) is 34.0 Å². The maximum Gasteiger partial charge on any atom is 0.573 e. The second-order valence-electron chi connectivity index (χ2n) is 6.93. The van der Waals surface area contributed by atoms with E-state index in [0.717, 1.165) is 23.6 Å². The zero-order valence-corrected chi connectivity index (χ0v) is 15.9. The average Bonchev–Trinajstić information content (AvgIpc) is 2.65. The molecule has 0 saturated carbocycles. The highest BCUT2D eigenvalue weighted by molar-refractivity contribution is 5.91. The van der Waals surface area contributed by atoms with Crippen molar-refractivity contribution in [2.75, 3.05) is 11.9 Å². The van der Waals surface area contributed by atoms with E-state index in [2.05, 4.69) is 20.0 Å². The lowest BCUT2D eigenvalue weighted by Crippen LogP contribution is -2.34. The van der Waals surface area contributed by atoms with Gasteiger partial charge in [0.2, 0.25) is 0 Å². The fourth-order valence-electron chi connectivity index (χ4n) is 2.67. The van der Waals surface area contributed by atoms with Crippen molar-refractivity contribution < 1.29 is 23.0 Å². The van der Waals surface area contributed by atoms with Gasteiger partial charge >= 0.3 is 6.36 Å². The Kier molecular flexibility index (Phi) is 5.78. The van der Waals surface area contributed by atoms with Crippen LogP contribution in [0.1, 0.15) is 13.8 Å². The largest absolute Gasteiger partial charge is 0.573 e. The molecule has 1 atom stereocenters. The molecule has 29 heavy (non-hydrogen) atoms. The molecule has 1 aromatic heterocycles. The molecule has 2 aromatic carbocycles. The molecule has 0 aliphatic carbocycles. The standard InChI is InChI=1S/C20H21F3N4O2/c1-11(2)15(24)10-25-18-13-5-3-4-6-16(13)26-19(27-18)14-9-12(7-8-17(14)28)29-20(21,22)23/h3-9,11,15,28H,10,24H2,1-2H3,(H,25,26,27). The first kappa shape index (κ1) is 20.7. The van der Waals surface area contributed by atoms with E-state index in [0.29, 0.717) is 17.9 Å². The van der Waals surface area contributed by atoms with E-state index in [9.17, 15) is 18.3 Å². The molecule has 6 nitrogen and oxygen atoms in total. The number of phenols is 1. The molecule has 0 radical (unpaired) electrons. The molecule has 3 rings (SSSR count). The zero-order chi connectivity index (χ0) is 21.2. The lowest BCUT2D eigenvalue weighted by atomic mass is 10.1. The molecular weight excluding hydrogens is 385 g/mol. The van der Waals surface area contributed by atoms with E-state index < -0.39 is 12.1 Å². The number of alkyl halides is 3. The van der Waals surface area contributed by atoms with E-state index in [4.69, 9.17) is 5.73 Å². The molecule has 0 aliphatic rings. The van der Waals surface area contributed by atoms with Crippen molar-refractivity contribution in [1.29, 1.82) is 0 Å². The summed E-state index contributed by atoms with van der Waals surface area (Å²) in [5.74, 6) is 0.0473. The Labute approximate surface area is 165 Å². The molecule has 1 unspecified atom stereocenters. The first-order valence-electron chi connectivity index (χ1n) is 8.99. The Hall–Kier alpha value is -3.07. The number of halogens is 3. The molecule has 9 heteroatoms. The summed E-state index contributed by atoms with van der Waals surface area (Å²) in [6.07, 6.45) is -4.85. The van der Waals surface area contributed by atoms with Gasteiger partial charge in [-0.05, 0) is 36.2 Å². The van der Waals surface area contributed by atoms with Crippen molar-refractivity contribution in [3.05, 3.63) is 42.5 Å². The Bertz CT molecular complexity index is 1010. The van der Waals surface area contributed by atoms with Crippen LogP contribution in [0.15, 0.2) is 42.5 Å². The van der Waals surface area contributed by atoms with Crippen LogP contribution in [-0.2, 0) is 0 Å². The molecule has 0 amide bonds. The van der Waals surface area contributed by atoms with E-state index in [-0.39, 0.29) is 29.1 Å². The van der Waals surface area contributed by atoms with E-state index in [1.165, 1.54) is 0 Å². The maximum absolute atomic E-state index is 12.6. The number of fused-ring (bicyclic) bond motifs is 1. The summed E-state index contributed by atoms with van der Waals surface area (Å²) in [7, 11) is 0. The van der Waals surface area contributed by atoms with Gasteiger partial charge < -0.3 is 20.9 Å². The monoisotopic (exact) mass is 406 g/mol. The molecule has 154 valence electrons. The second-order valence-corrected chi connectivity index (χ2v) is 6.93. The Balaban J connectivity index is 2.05. The predicted octanol–water partition coefficient (Wildman–Crippen LogP) is 4.30. The first-order chi connectivity index (χ1) is 13.6. The van der Waals surface area contributed by atoms with Gasteiger partial charge in [0.15, 0.2) is 5.82 Å². The lowest BCUT2D eigenvalue weighted by Gasteiger charge is -2.18. The molecule has 1 heterocycles. The first-order valence-corrected chi connectivity index (χ1v) is 8.99. The van der Waals surface area contributed by atoms with Gasteiger partial charge in [-0.3, -0.25) is 0 Å². The number of benzene rings is 2. The minimum absolute atomic E-state index is 0.0220. The van der Waals surface area contributed by atoms with Gasteiger partial charge in [0.25, 0.3) is 0 Å². The number of nitrogens with zero attached hydrogens (tertiary/aromatic N) is 2. The highest BCUT2D eigenvalue weighted by Crippen LogP contribution is 2.34. The summed E-state index contributed by atoms with van der Waals surface area (Å²) in [5.41, 5.74) is 6.68. The zero-order valence-electron chi connectivity index (χ0n) is 15.9. The maximum atomic E-state index is 12.6. The summed E-state index contributed by atoms with van der Waals surface area (Å²) >= 11 is 0. The van der Waals surface area contributed by atoms with Crippen LogP contribution < -0.4 is 15.8 Å². The van der Waals surface area contributed by atoms with Gasteiger partial charge in [0.05, 0.1) is 11.1 Å². The molecule has 0 aliphatic heterocycles. The summed E-state index contributed by atoms with van der Waals surface area (Å²) in [6.45, 7) is 4.45. The summed E-state index contributed by atoms with van der Waals surface area (Å²) in [4.78, 5) is 8.81. The number of phenolic OH excluding ortho intramolecular Hbond substituents is 1. The quantitative estimate of drug-likeness (QED) is 0.565. The molecule has 0 fully saturated rings. The third-order valence-electron chi connectivity index (χ3n) is 4.41. The van der Waals surface area contributed by atoms with Gasteiger partial charge in [0.1, 0.15) is 17.3 Å². The highest BCUT2D eigenvalue weighted by Gasteiger charge is 2.31. The van der Waals surface area contributed by atoms with Crippen molar-refractivity contribution >= 4 is 16.7 Å². The molecule has 3 aromatic rings. The van der Waals surface area contributed by atoms with Crippen LogP contribution in [0.5, 0.6) is 11.5 Å². The Morgan fingerprint density at radius 1 is 1.14 bits per heavy atom. The normalized spacial score (nSPS) is 12.9. The topological polar surface area (TPSA) is 93.3 Å². The summed E-state index contributed by atoms with van der Waals surface area (Å²) in [6, 6.07) is 10.2. The van der Waals surface area contributed by atoms with Crippen molar-refractivity contribution in [3.8, 4) is 22.9 Å². The van der Waals surface area contributed by atoms with Gasteiger partial charge in [-0.2, -0.15) is 0 Å². The second kappa shape index (κ2) is 8.12. The van der Waals surface area contributed by atoms with Crippen molar-refractivity contribution in [1.82, 2.24) is 9.97 Å². The summed E-state index contributed by atoms with van der Waals surface area (Å²) < 4.78 is 41.6. The average molecular weight is 406 g/mol. The fraction of sp³-hybridized carbons (Fsp3) is 0.300. The van der Waals surface area contributed by atoms with E-state index in [1.807, 2.05) is 26.0 Å². The number of anilines is 1. The van der Waals surface area contributed by atoms with Crippen LogP contribution in [0.4, 0.5) is 19.0 Å². The van der Waals surface area contributed by atoms with Crippen LogP contribution in [0.3, 0.4) is 0 Å². The summed E-state index contributed by atoms with van der Waals surface area (Å²) in [5, 5.41) is 14.1. The molecule has 4 N–H and O–H groups in total.